The van der Waals surface area contributed by atoms with Gasteiger partial charge < -0.3 is 14.2 Å². The summed E-state index contributed by atoms with van der Waals surface area (Å²) in [5, 5.41) is 3.59. The number of hydrogen-bond donors (Lipinski definition) is 1. The van der Waals surface area contributed by atoms with E-state index in [1.165, 1.54) is 18.4 Å². The zero-order valence-electron chi connectivity index (χ0n) is 14.5. The van der Waals surface area contributed by atoms with Crippen LogP contribution in [0.5, 0.6) is 17.2 Å². The van der Waals surface area contributed by atoms with Gasteiger partial charge >= 0.3 is 0 Å². The molecule has 1 heterocycles. The number of benzene rings is 2. The predicted octanol–water partition coefficient (Wildman–Crippen LogP) is 4.62. The van der Waals surface area contributed by atoms with Crippen LogP contribution >= 0.6 is 22.9 Å². The van der Waals surface area contributed by atoms with E-state index in [4.69, 9.17) is 25.8 Å². The van der Waals surface area contributed by atoms with Crippen LogP contribution in [-0.4, -0.2) is 31.7 Å². The highest BCUT2D eigenvalue weighted by molar-refractivity contribution is 7.22. The Kier molecular flexibility index (Phi) is 5.49. The highest BCUT2D eigenvalue weighted by Crippen LogP contribution is 2.37. The van der Waals surface area contributed by atoms with Crippen molar-refractivity contribution in [2.75, 3.05) is 26.1 Å². The summed E-state index contributed by atoms with van der Waals surface area (Å²) >= 11 is 7.59. The van der Waals surface area contributed by atoms with E-state index >= 15 is 0 Å². The fraction of sp³-hybridized carbons (Fsp3) is 0.222. The van der Waals surface area contributed by atoms with E-state index in [-0.39, 0.29) is 5.91 Å². The molecule has 2 aromatic carbocycles. The molecule has 0 fully saturated rings. The number of carbonyl (C=O) groups excluding carboxylic acids is 1. The molecule has 0 atom stereocenters. The van der Waals surface area contributed by atoms with E-state index in [1.54, 1.807) is 19.2 Å². The smallest absolute Gasteiger partial charge is 0.257 e. The summed E-state index contributed by atoms with van der Waals surface area (Å²) in [5.41, 5.74) is 1.14. The molecule has 3 aromatic rings. The lowest BCUT2D eigenvalue weighted by molar-refractivity contribution is 0.102. The lowest BCUT2D eigenvalue weighted by Crippen LogP contribution is -2.12. The monoisotopic (exact) mass is 392 g/mol. The van der Waals surface area contributed by atoms with E-state index in [9.17, 15) is 4.79 Å². The van der Waals surface area contributed by atoms with Crippen LogP contribution in [0.3, 0.4) is 0 Å². The number of anilines is 1. The van der Waals surface area contributed by atoms with Gasteiger partial charge in [-0.1, -0.05) is 22.9 Å². The molecule has 0 bridgehead atoms. The number of amides is 1. The predicted molar refractivity (Wildman–Crippen MR) is 103 cm³/mol. The minimum Gasteiger partial charge on any atom is -0.497 e. The molecule has 0 saturated heterocycles. The average Bonchev–Trinajstić information content (AvgIpc) is 3.04. The summed E-state index contributed by atoms with van der Waals surface area (Å²) in [6.45, 7) is 2.29. The molecule has 136 valence electrons. The van der Waals surface area contributed by atoms with Crippen molar-refractivity contribution >= 4 is 44.2 Å². The fourth-order valence-corrected chi connectivity index (χ4v) is 3.54. The third-order valence-electron chi connectivity index (χ3n) is 3.60. The number of aromatic nitrogens is 1. The van der Waals surface area contributed by atoms with Gasteiger partial charge in [0.05, 0.1) is 36.1 Å². The van der Waals surface area contributed by atoms with Gasteiger partial charge in [-0.3, -0.25) is 10.1 Å². The molecule has 0 aliphatic heterocycles. The first-order valence-electron chi connectivity index (χ1n) is 7.82. The maximum Gasteiger partial charge on any atom is 0.257 e. The molecule has 0 aliphatic carbocycles. The molecule has 26 heavy (non-hydrogen) atoms. The van der Waals surface area contributed by atoms with Gasteiger partial charge in [-0.05, 0) is 37.3 Å². The zero-order chi connectivity index (χ0) is 18.7. The SMILES string of the molecule is CCOc1c(Cl)cc(C(=O)Nc2nc3ccc(OC)cc3s2)cc1OC. The first-order chi connectivity index (χ1) is 12.5. The minimum atomic E-state index is -0.334. The second-order valence-corrected chi connectivity index (χ2v) is 6.67. The topological polar surface area (TPSA) is 69.7 Å². The number of nitrogens with zero attached hydrogens (tertiary/aromatic N) is 1. The van der Waals surface area contributed by atoms with Crippen LogP contribution in [0.15, 0.2) is 30.3 Å². The Labute approximate surface area is 159 Å². The van der Waals surface area contributed by atoms with Gasteiger partial charge in [0.25, 0.3) is 5.91 Å². The number of fused-ring (bicyclic) bond motifs is 1. The summed E-state index contributed by atoms with van der Waals surface area (Å²) in [5.74, 6) is 1.22. The van der Waals surface area contributed by atoms with Crippen molar-refractivity contribution in [2.45, 2.75) is 6.92 Å². The summed E-state index contributed by atoms with van der Waals surface area (Å²) in [6, 6.07) is 8.67. The summed E-state index contributed by atoms with van der Waals surface area (Å²) < 4.78 is 16.9. The maximum absolute atomic E-state index is 12.6. The van der Waals surface area contributed by atoms with Gasteiger partial charge in [0, 0.05) is 5.56 Å². The van der Waals surface area contributed by atoms with Crippen molar-refractivity contribution in [2.24, 2.45) is 0 Å². The second kappa shape index (κ2) is 7.80. The van der Waals surface area contributed by atoms with Crippen LogP contribution in [0.1, 0.15) is 17.3 Å². The van der Waals surface area contributed by atoms with Crippen LogP contribution in [0.4, 0.5) is 5.13 Å². The largest absolute Gasteiger partial charge is 0.497 e. The molecule has 6 nitrogen and oxygen atoms in total. The highest BCUT2D eigenvalue weighted by Gasteiger charge is 2.17. The highest BCUT2D eigenvalue weighted by atomic mass is 35.5. The van der Waals surface area contributed by atoms with Crippen LogP contribution < -0.4 is 19.5 Å². The maximum atomic E-state index is 12.6. The van der Waals surface area contributed by atoms with Gasteiger partial charge in [0.1, 0.15) is 5.75 Å². The van der Waals surface area contributed by atoms with Crippen molar-refractivity contribution in [1.82, 2.24) is 4.98 Å². The number of halogens is 1. The van der Waals surface area contributed by atoms with Gasteiger partial charge in [-0.25, -0.2) is 4.98 Å². The Morgan fingerprint density at radius 2 is 2.04 bits per heavy atom. The van der Waals surface area contributed by atoms with E-state index in [2.05, 4.69) is 10.3 Å². The van der Waals surface area contributed by atoms with E-state index in [1.807, 2.05) is 25.1 Å². The molecule has 1 amide bonds. The molecule has 1 aromatic heterocycles. The number of carbonyl (C=O) groups is 1. The molecular formula is C18H17ClN2O4S. The number of nitrogens with one attached hydrogen (secondary N) is 1. The summed E-state index contributed by atoms with van der Waals surface area (Å²) in [6.07, 6.45) is 0. The van der Waals surface area contributed by atoms with Crippen molar-refractivity contribution < 1.29 is 19.0 Å². The molecule has 0 aliphatic rings. The van der Waals surface area contributed by atoms with E-state index in [0.717, 1.165) is 16.0 Å². The van der Waals surface area contributed by atoms with Crippen molar-refractivity contribution in [3.8, 4) is 17.2 Å². The third kappa shape index (κ3) is 3.68. The first-order valence-corrected chi connectivity index (χ1v) is 9.01. The van der Waals surface area contributed by atoms with Gasteiger partial charge in [-0.15, -0.1) is 0 Å². The fourth-order valence-electron chi connectivity index (χ4n) is 2.39. The van der Waals surface area contributed by atoms with Crippen molar-refractivity contribution in [3.63, 3.8) is 0 Å². The molecule has 0 radical (unpaired) electrons. The quantitative estimate of drug-likeness (QED) is 0.662. The molecule has 1 N–H and O–H groups in total. The third-order valence-corrected chi connectivity index (χ3v) is 4.81. The second-order valence-electron chi connectivity index (χ2n) is 5.23. The lowest BCUT2D eigenvalue weighted by Gasteiger charge is -2.12. The molecule has 0 unspecified atom stereocenters. The summed E-state index contributed by atoms with van der Waals surface area (Å²) in [7, 11) is 3.10. The van der Waals surface area contributed by atoms with Gasteiger partial charge in [-0.2, -0.15) is 0 Å². The molecule has 0 saturated carbocycles. The number of ether oxygens (including phenoxy) is 3. The Morgan fingerprint density at radius 1 is 1.23 bits per heavy atom. The molecule has 8 heteroatoms. The van der Waals surface area contributed by atoms with Crippen LogP contribution in [0, 0.1) is 0 Å². The lowest BCUT2D eigenvalue weighted by atomic mass is 10.2. The Morgan fingerprint density at radius 3 is 2.73 bits per heavy atom. The molecule has 3 rings (SSSR count). The van der Waals surface area contributed by atoms with Gasteiger partial charge in [0.15, 0.2) is 16.6 Å². The number of hydrogen-bond acceptors (Lipinski definition) is 6. The number of thiazole rings is 1. The Bertz CT molecular complexity index is 958. The van der Waals surface area contributed by atoms with Crippen LogP contribution in [0.25, 0.3) is 10.2 Å². The van der Waals surface area contributed by atoms with Gasteiger partial charge in [0.2, 0.25) is 0 Å². The van der Waals surface area contributed by atoms with Crippen molar-refractivity contribution in [3.05, 3.63) is 40.9 Å². The first kappa shape index (κ1) is 18.3. The minimum absolute atomic E-state index is 0.311. The Balaban J connectivity index is 1.87. The normalized spacial score (nSPS) is 10.6. The molecular weight excluding hydrogens is 376 g/mol. The number of rotatable bonds is 6. The average molecular weight is 393 g/mol. The van der Waals surface area contributed by atoms with Crippen molar-refractivity contribution in [1.29, 1.82) is 0 Å². The van der Waals surface area contributed by atoms with Crippen LogP contribution in [-0.2, 0) is 0 Å². The number of methoxy groups -OCH3 is 2. The van der Waals surface area contributed by atoms with Crippen LogP contribution in [0.2, 0.25) is 5.02 Å². The standard InChI is InChI=1S/C18H17ClN2O4S/c1-4-25-16-12(19)7-10(8-14(16)24-3)17(22)21-18-20-13-6-5-11(23-2)9-15(13)26-18/h5-9H,4H2,1-3H3,(H,20,21,22). The summed E-state index contributed by atoms with van der Waals surface area (Å²) in [4.78, 5) is 17.0. The molecule has 0 spiro atoms. The zero-order valence-corrected chi connectivity index (χ0v) is 16.0. The van der Waals surface area contributed by atoms with E-state index < -0.39 is 0 Å². The van der Waals surface area contributed by atoms with E-state index in [0.29, 0.717) is 33.8 Å². The Hall–Kier alpha value is -2.51.